The lowest BCUT2D eigenvalue weighted by molar-refractivity contribution is -0.917. The summed E-state index contributed by atoms with van der Waals surface area (Å²) in [5.74, 6) is -1.20. The first-order valence-corrected chi connectivity index (χ1v) is 10.5. The number of halogens is 1. The number of quaternary nitrogens is 1. The first-order valence-electron chi connectivity index (χ1n) is 10.5. The van der Waals surface area contributed by atoms with Crippen LogP contribution in [0.4, 0.5) is 9.18 Å². The van der Waals surface area contributed by atoms with Crippen LogP contribution in [-0.2, 0) is 21.7 Å². The van der Waals surface area contributed by atoms with Crippen molar-refractivity contribution in [3.63, 3.8) is 0 Å². The molecule has 4 amide bonds. The first kappa shape index (κ1) is 21.0. The Hall–Kier alpha value is -3.26. The van der Waals surface area contributed by atoms with Crippen LogP contribution in [-0.4, -0.2) is 35.4 Å². The van der Waals surface area contributed by atoms with E-state index in [1.807, 2.05) is 13.0 Å². The van der Waals surface area contributed by atoms with Crippen molar-refractivity contribution in [3.05, 3.63) is 71.5 Å². The zero-order chi connectivity index (χ0) is 22.0. The minimum Gasteiger partial charge on any atom is -0.321 e. The highest BCUT2D eigenvalue weighted by Gasteiger charge is 2.52. The Balaban J connectivity index is 1.44. The number of hydrazine groups is 1. The van der Waals surface area contributed by atoms with Gasteiger partial charge < -0.3 is 10.2 Å². The molecular formula is C23H26FN4O3+. The standard InChI is InChI=1S/C23H25FN4O3/c1-2-23(17-6-4-3-5-7-17)21(30)28(22(31)25-23)26-20(29)15-27(19-12-13-19)14-16-8-10-18(24)11-9-16/h3-11,19H,2,12-15H2,1H3,(H,25,31)(H,26,29)/p+1/t23-/m0/s1. The summed E-state index contributed by atoms with van der Waals surface area (Å²) in [6, 6.07) is 15.0. The van der Waals surface area contributed by atoms with Crippen molar-refractivity contribution in [2.45, 2.75) is 44.3 Å². The van der Waals surface area contributed by atoms with E-state index in [-0.39, 0.29) is 12.4 Å². The number of amides is 4. The molecule has 4 rings (SSSR count). The van der Waals surface area contributed by atoms with Crippen LogP contribution in [0, 0.1) is 5.82 Å². The average Bonchev–Trinajstić information content (AvgIpc) is 3.59. The predicted molar refractivity (Wildman–Crippen MR) is 111 cm³/mol. The molecule has 2 aliphatic rings. The maximum atomic E-state index is 13.2. The Bertz CT molecular complexity index is 978. The molecule has 0 aromatic heterocycles. The number of nitrogens with zero attached hydrogens (tertiary/aromatic N) is 1. The molecule has 1 saturated carbocycles. The smallest absolute Gasteiger partial charge is 0.321 e. The highest BCUT2D eigenvalue weighted by atomic mass is 19.1. The Morgan fingerprint density at radius 1 is 1.16 bits per heavy atom. The second-order valence-electron chi connectivity index (χ2n) is 8.14. The number of imide groups is 1. The van der Waals surface area contributed by atoms with Gasteiger partial charge in [0.25, 0.3) is 11.8 Å². The summed E-state index contributed by atoms with van der Waals surface area (Å²) in [7, 11) is 0. The van der Waals surface area contributed by atoms with Gasteiger partial charge in [-0.25, -0.2) is 9.18 Å². The summed E-state index contributed by atoms with van der Waals surface area (Å²) in [5, 5.41) is 3.55. The third kappa shape index (κ3) is 4.29. The molecule has 7 nitrogen and oxygen atoms in total. The first-order chi connectivity index (χ1) is 14.9. The number of rotatable bonds is 8. The van der Waals surface area contributed by atoms with E-state index in [4.69, 9.17) is 0 Å². The van der Waals surface area contributed by atoms with Gasteiger partial charge in [-0.3, -0.25) is 15.0 Å². The minimum atomic E-state index is -1.19. The fourth-order valence-electron chi connectivity index (χ4n) is 4.12. The van der Waals surface area contributed by atoms with Crippen molar-refractivity contribution >= 4 is 17.8 Å². The lowest BCUT2D eigenvalue weighted by Gasteiger charge is -2.25. The number of carbonyl (C=O) groups excluding carboxylic acids is 3. The largest absolute Gasteiger partial charge is 0.344 e. The van der Waals surface area contributed by atoms with Gasteiger partial charge in [0, 0.05) is 18.4 Å². The molecular weight excluding hydrogens is 399 g/mol. The Kier molecular flexibility index (Phi) is 5.73. The van der Waals surface area contributed by atoms with Crippen molar-refractivity contribution in [2.75, 3.05) is 6.54 Å². The summed E-state index contributed by atoms with van der Waals surface area (Å²) in [6.07, 6.45) is 2.39. The van der Waals surface area contributed by atoms with Crippen LogP contribution in [0.5, 0.6) is 0 Å². The Morgan fingerprint density at radius 2 is 1.84 bits per heavy atom. The van der Waals surface area contributed by atoms with Crippen molar-refractivity contribution in [2.24, 2.45) is 0 Å². The third-order valence-corrected chi connectivity index (χ3v) is 6.01. The zero-order valence-electron chi connectivity index (χ0n) is 17.4. The van der Waals surface area contributed by atoms with Gasteiger partial charge in [-0.15, -0.1) is 0 Å². The van der Waals surface area contributed by atoms with Gasteiger partial charge in [0.1, 0.15) is 17.9 Å². The number of nitrogens with one attached hydrogen (secondary N) is 3. The summed E-state index contributed by atoms with van der Waals surface area (Å²) < 4.78 is 13.2. The van der Waals surface area contributed by atoms with Crippen molar-refractivity contribution in [1.82, 2.24) is 15.8 Å². The molecule has 31 heavy (non-hydrogen) atoms. The molecule has 1 saturated heterocycles. The van der Waals surface area contributed by atoms with Crippen molar-refractivity contribution < 1.29 is 23.7 Å². The van der Waals surface area contributed by atoms with Gasteiger partial charge in [-0.05, 0) is 24.1 Å². The van der Waals surface area contributed by atoms with E-state index in [0.29, 0.717) is 24.6 Å². The van der Waals surface area contributed by atoms with Crippen LogP contribution in [0.25, 0.3) is 0 Å². The molecule has 0 bridgehead atoms. The van der Waals surface area contributed by atoms with E-state index in [0.717, 1.165) is 28.3 Å². The second kappa shape index (κ2) is 8.47. The second-order valence-corrected chi connectivity index (χ2v) is 8.14. The maximum absolute atomic E-state index is 13.2. The molecule has 2 fully saturated rings. The van der Waals surface area contributed by atoms with Crippen LogP contribution in [0.15, 0.2) is 54.6 Å². The number of hydrogen-bond acceptors (Lipinski definition) is 3. The molecule has 162 valence electrons. The molecule has 2 aromatic carbocycles. The van der Waals surface area contributed by atoms with Crippen LogP contribution >= 0.6 is 0 Å². The molecule has 1 heterocycles. The fraction of sp³-hybridized carbons (Fsp3) is 0.348. The maximum Gasteiger partial charge on any atom is 0.344 e. The highest BCUT2D eigenvalue weighted by molar-refractivity contribution is 6.08. The summed E-state index contributed by atoms with van der Waals surface area (Å²) in [5.41, 5.74) is 2.91. The van der Waals surface area contributed by atoms with E-state index in [1.165, 1.54) is 12.1 Å². The molecule has 2 aromatic rings. The average molecular weight is 425 g/mol. The number of hydrogen-bond donors (Lipinski definition) is 3. The van der Waals surface area contributed by atoms with Gasteiger partial charge in [-0.1, -0.05) is 49.4 Å². The van der Waals surface area contributed by atoms with Crippen LogP contribution < -0.4 is 15.6 Å². The predicted octanol–water partition coefficient (Wildman–Crippen LogP) is 1.26. The number of benzene rings is 2. The van der Waals surface area contributed by atoms with Crippen LogP contribution in [0.3, 0.4) is 0 Å². The van der Waals surface area contributed by atoms with Gasteiger partial charge in [0.2, 0.25) is 0 Å². The van der Waals surface area contributed by atoms with Gasteiger partial charge >= 0.3 is 6.03 Å². The summed E-state index contributed by atoms with van der Waals surface area (Å²) in [4.78, 5) is 39.5. The van der Waals surface area contributed by atoms with E-state index < -0.39 is 23.4 Å². The van der Waals surface area contributed by atoms with Crippen LogP contribution in [0.1, 0.15) is 37.3 Å². The van der Waals surface area contributed by atoms with Crippen LogP contribution in [0.2, 0.25) is 0 Å². The Morgan fingerprint density at radius 3 is 2.45 bits per heavy atom. The number of carbonyl (C=O) groups is 3. The van der Waals surface area contributed by atoms with Crippen molar-refractivity contribution in [3.8, 4) is 0 Å². The monoisotopic (exact) mass is 425 g/mol. The van der Waals surface area contributed by atoms with Gasteiger partial charge in [0.15, 0.2) is 6.54 Å². The molecule has 2 atom stereocenters. The van der Waals surface area contributed by atoms with Crippen molar-refractivity contribution in [1.29, 1.82) is 0 Å². The van der Waals surface area contributed by atoms with E-state index >= 15 is 0 Å². The summed E-state index contributed by atoms with van der Waals surface area (Å²) in [6.45, 7) is 2.50. The van der Waals surface area contributed by atoms with E-state index in [2.05, 4.69) is 10.7 Å². The van der Waals surface area contributed by atoms with Gasteiger partial charge in [-0.2, -0.15) is 5.01 Å². The fourth-order valence-corrected chi connectivity index (χ4v) is 4.12. The molecule has 3 N–H and O–H groups in total. The molecule has 1 aliphatic carbocycles. The lowest BCUT2D eigenvalue weighted by atomic mass is 9.87. The topological polar surface area (TPSA) is 83.0 Å². The molecule has 8 heteroatoms. The molecule has 0 radical (unpaired) electrons. The molecule has 0 spiro atoms. The van der Waals surface area contributed by atoms with E-state index in [1.54, 1.807) is 36.4 Å². The van der Waals surface area contributed by atoms with Gasteiger partial charge in [0.05, 0.1) is 6.04 Å². The number of urea groups is 1. The lowest BCUT2D eigenvalue weighted by Crippen LogP contribution is -3.13. The minimum absolute atomic E-state index is 0.115. The quantitative estimate of drug-likeness (QED) is 0.557. The SMILES string of the molecule is CC[C@@]1(c2ccccc2)NC(=O)N(NC(=O)C[NH+](Cc2ccc(F)cc2)C2CC2)C1=O. The summed E-state index contributed by atoms with van der Waals surface area (Å²) >= 11 is 0. The third-order valence-electron chi connectivity index (χ3n) is 6.01. The molecule has 1 aliphatic heterocycles. The normalized spacial score (nSPS) is 21.7. The highest BCUT2D eigenvalue weighted by Crippen LogP contribution is 2.31. The molecule has 1 unspecified atom stereocenters. The Labute approximate surface area is 180 Å². The van der Waals surface area contributed by atoms with E-state index in [9.17, 15) is 18.8 Å². The zero-order valence-corrected chi connectivity index (χ0v) is 17.4.